The molecule has 5 heavy (non-hydrogen) atoms. The maximum atomic E-state index is 2.25. The summed E-state index contributed by atoms with van der Waals surface area (Å²) in [7, 11) is 0. The number of rotatable bonds is 0. The first-order valence-electron chi connectivity index (χ1n) is 1.79. The number of hydrogen-bond acceptors (Lipinski definition) is 0. The molecule has 0 unspecified atom stereocenters. The molecular formula is C4H9In. The third kappa shape index (κ3) is 53.0. The molecule has 0 aromatic carbocycles. The van der Waals surface area contributed by atoms with Crippen LogP contribution >= 0.6 is 0 Å². The molecule has 0 bridgehead atoms. The Kier molecular flexibility index (Phi) is 1.81. The van der Waals surface area contributed by atoms with Gasteiger partial charge >= 0.3 is 48.3 Å². The molecule has 1 heteroatoms. The summed E-state index contributed by atoms with van der Waals surface area (Å²) in [6.45, 7) is 6.74. The summed E-state index contributed by atoms with van der Waals surface area (Å²) in [4.78, 5) is 0. The van der Waals surface area contributed by atoms with Gasteiger partial charge in [-0.1, -0.05) is 0 Å². The molecule has 0 saturated heterocycles. The Bertz CT molecular complexity index is 19.1. The maximum absolute atomic E-state index is 2.25. The molecule has 0 rings (SSSR count). The van der Waals surface area contributed by atoms with Gasteiger partial charge in [-0.3, -0.25) is 0 Å². The van der Waals surface area contributed by atoms with Gasteiger partial charge in [0, 0.05) is 0 Å². The van der Waals surface area contributed by atoms with E-state index < -0.39 is 0 Å². The zero-order chi connectivity index (χ0) is 4.50. The van der Waals surface area contributed by atoms with Crippen molar-refractivity contribution in [3.05, 3.63) is 0 Å². The Morgan fingerprint density at radius 1 is 1.20 bits per heavy atom. The van der Waals surface area contributed by atoms with Crippen LogP contribution < -0.4 is 0 Å². The average Bonchev–Trinajstić information content (AvgIpc) is 0.722. The molecule has 0 aromatic rings. The Labute approximate surface area is 48.5 Å². The standard InChI is InChI=1S/C4H9.In/c1-4(2)3;/h1-3H3;. The van der Waals surface area contributed by atoms with Gasteiger partial charge < -0.3 is 0 Å². The van der Waals surface area contributed by atoms with Crippen molar-refractivity contribution < 1.29 is 0 Å². The Balaban J connectivity index is 3.02. The van der Waals surface area contributed by atoms with E-state index in [4.69, 9.17) is 0 Å². The van der Waals surface area contributed by atoms with E-state index in [2.05, 4.69) is 20.8 Å². The monoisotopic (exact) mass is 172 g/mol. The summed E-state index contributed by atoms with van der Waals surface area (Å²) in [6, 6.07) is 0. The summed E-state index contributed by atoms with van der Waals surface area (Å²) in [5.41, 5.74) is 0. The van der Waals surface area contributed by atoms with Gasteiger partial charge in [0.2, 0.25) is 0 Å². The van der Waals surface area contributed by atoms with Gasteiger partial charge in [0.25, 0.3) is 0 Å². The van der Waals surface area contributed by atoms with Gasteiger partial charge in [0.05, 0.1) is 0 Å². The molecule has 0 aliphatic heterocycles. The van der Waals surface area contributed by atoms with Gasteiger partial charge in [0.1, 0.15) is 0 Å². The molecule has 2 radical (unpaired) electrons. The first-order valence-corrected chi connectivity index (χ1v) is 3.44. The second-order valence-corrected chi connectivity index (χ2v) is 7.31. The van der Waals surface area contributed by atoms with Gasteiger partial charge in [-0.15, -0.1) is 0 Å². The van der Waals surface area contributed by atoms with E-state index >= 15 is 0 Å². The SMILES string of the molecule is C[C](C)(C)[In]. The van der Waals surface area contributed by atoms with Crippen LogP contribution in [0, 0.1) is 0 Å². The van der Waals surface area contributed by atoms with E-state index in [-0.39, 0.29) is 0 Å². The van der Waals surface area contributed by atoms with Gasteiger partial charge in [-0.25, -0.2) is 0 Å². The second-order valence-electron chi connectivity index (χ2n) is 2.37. The third-order valence-corrected chi connectivity index (χ3v) is 0. The molecule has 0 nitrogen and oxygen atoms in total. The zero-order valence-corrected chi connectivity index (χ0v) is 7.37. The molecule has 0 amide bonds. The van der Waals surface area contributed by atoms with Gasteiger partial charge in [-0.2, -0.15) is 0 Å². The van der Waals surface area contributed by atoms with Crippen molar-refractivity contribution in [3.63, 3.8) is 0 Å². The van der Waals surface area contributed by atoms with Crippen molar-refractivity contribution in [2.75, 3.05) is 0 Å². The molecule has 0 aliphatic rings. The van der Waals surface area contributed by atoms with E-state index in [0.717, 1.165) is 0 Å². The molecular weight excluding hydrogens is 163 g/mol. The molecule has 0 spiro atoms. The zero-order valence-electron chi connectivity index (χ0n) is 4.08. The predicted octanol–water partition coefficient (Wildman–Crippen LogP) is 1.37. The summed E-state index contributed by atoms with van der Waals surface area (Å²) in [5.74, 6) is 0. The Morgan fingerprint density at radius 2 is 1.20 bits per heavy atom. The average molecular weight is 172 g/mol. The topological polar surface area (TPSA) is 0 Å². The van der Waals surface area contributed by atoms with Gasteiger partial charge in [0.15, 0.2) is 0 Å². The van der Waals surface area contributed by atoms with Crippen LogP contribution in [-0.2, 0) is 0 Å². The van der Waals surface area contributed by atoms with Crippen LogP contribution in [0.25, 0.3) is 0 Å². The molecule has 0 aromatic heterocycles. The van der Waals surface area contributed by atoms with Crippen molar-refractivity contribution >= 4 is 24.4 Å². The van der Waals surface area contributed by atoms with Crippen LogP contribution in [0.5, 0.6) is 0 Å². The molecule has 0 N–H and O–H groups in total. The normalized spacial score (nSPS) is 11.8. The molecule has 0 aliphatic carbocycles. The van der Waals surface area contributed by atoms with Crippen molar-refractivity contribution in [1.29, 1.82) is 0 Å². The van der Waals surface area contributed by atoms with Crippen molar-refractivity contribution in [2.24, 2.45) is 0 Å². The van der Waals surface area contributed by atoms with E-state index in [1.54, 1.807) is 0 Å². The Hall–Kier alpha value is 0.870. The van der Waals surface area contributed by atoms with Gasteiger partial charge in [-0.05, 0) is 0 Å². The first kappa shape index (κ1) is 5.87. The molecule has 0 saturated carbocycles. The fraction of sp³-hybridized carbons (Fsp3) is 1.00. The van der Waals surface area contributed by atoms with E-state index in [0.29, 0.717) is 3.17 Å². The predicted molar refractivity (Wildman–Crippen MR) is 25.5 cm³/mol. The van der Waals surface area contributed by atoms with Crippen LogP contribution in [0.3, 0.4) is 0 Å². The van der Waals surface area contributed by atoms with Crippen LogP contribution in [0.4, 0.5) is 0 Å². The molecule has 0 atom stereocenters. The Morgan fingerprint density at radius 3 is 1.20 bits per heavy atom. The van der Waals surface area contributed by atoms with Crippen LogP contribution in [0.1, 0.15) is 20.8 Å². The summed E-state index contributed by atoms with van der Waals surface area (Å²) < 4.78 is 0.630. The van der Waals surface area contributed by atoms with Crippen molar-refractivity contribution in [1.82, 2.24) is 0 Å². The minimum absolute atomic E-state index is 0.630. The van der Waals surface area contributed by atoms with Crippen molar-refractivity contribution in [3.8, 4) is 0 Å². The summed E-state index contributed by atoms with van der Waals surface area (Å²) in [5, 5.41) is 0. The second kappa shape index (κ2) is 1.55. The third-order valence-electron chi connectivity index (χ3n) is 0. The molecule has 28 valence electrons. The van der Waals surface area contributed by atoms with Crippen LogP contribution in [-0.4, -0.2) is 24.4 Å². The van der Waals surface area contributed by atoms with E-state index in [9.17, 15) is 0 Å². The molecule has 0 fully saturated rings. The fourth-order valence-electron chi connectivity index (χ4n) is 0. The van der Waals surface area contributed by atoms with E-state index in [1.807, 2.05) is 0 Å². The fourth-order valence-corrected chi connectivity index (χ4v) is 0. The summed E-state index contributed by atoms with van der Waals surface area (Å²) in [6.07, 6.45) is 0. The van der Waals surface area contributed by atoms with E-state index in [1.165, 1.54) is 24.4 Å². The van der Waals surface area contributed by atoms with Crippen LogP contribution in [0.2, 0.25) is 3.17 Å². The first-order chi connectivity index (χ1) is 2.00. The quantitative estimate of drug-likeness (QED) is 0.517. The van der Waals surface area contributed by atoms with Crippen LogP contribution in [0.15, 0.2) is 0 Å². The summed E-state index contributed by atoms with van der Waals surface area (Å²) >= 11 is 1.36. The van der Waals surface area contributed by atoms with Crippen molar-refractivity contribution in [2.45, 2.75) is 23.9 Å². The molecule has 0 heterocycles. The minimum atomic E-state index is 0.630. The number of hydrogen-bond donors (Lipinski definition) is 0.